The van der Waals surface area contributed by atoms with E-state index < -0.39 is 11.9 Å². The highest BCUT2D eigenvalue weighted by atomic mass is 16.7. The molecule has 0 N–H and O–H groups in total. The van der Waals surface area contributed by atoms with E-state index in [2.05, 4.69) is 0 Å². The number of methoxy groups -OCH3 is 3. The van der Waals surface area contributed by atoms with Gasteiger partial charge >= 0.3 is 5.97 Å². The van der Waals surface area contributed by atoms with E-state index in [4.69, 9.17) is 32.8 Å². The van der Waals surface area contributed by atoms with Gasteiger partial charge in [-0.1, -0.05) is 6.07 Å². The third-order valence-corrected chi connectivity index (χ3v) is 6.66. The van der Waals surface area contributed by atoms with Crippen LogP contribution in [0.1, 0.15) is 23.5 Å². The lowest BCUT2D eigenvalue weighted by Crippen LogP contribution is -2.22. The van der Waals surface area contributed by atoms with E-state index in [1.807, 2.05) is 6.07 Å². The molecule has 0 amide bonds. The summed E-state index contributed by atoms with van der Waals surface area (Å²) in [5, 5.41) is 0.363. The number of benzene rings is 3. The van der Waals surface area contributed by atoms with Crippen LogP contribution in [-0.2, 0) is 4.79 Å². The van der Waals surface area contributed by atoms with E-state index in [0.717, 1.165) is 5.56 Å². The van der Waals surface area contributed by atoms with Gasteiger partial charge in [-0.2, -0.15) is 0 Å². The second kappa shape index (κ2) is 8.77. The van der Waals surface area contributed by atoms with Crippen LogP contribution in [0, 0.1) is 0 Å². The molecule has 0 saturated heterocycles. The SMILES string of the molecule is COc1ccc(-c2coc3c4c(ccc3c2=O)OC(=O)CC4c2cc(OC)c3c(c2)OCO3)cc1OC. The Bertz CT molecular complexity index is 1620. The van der Waals surface area contributed by atoms with Gasteiger partial charge in [-0.25, -0.2) is 0 Å². The van der Waals surface area contributed by atoms with Crippen molar-refractivity contribution in [3.63, 3.8) is 0 Å². The first-order chi connectivity index (χ1) is 18.0. The molecule has 1 aromatic heterocycles. The van der Waals surface area contributed by atoms with Gasteiger partial charge in [0, 0.05) is 11.5 Å². The molecule has 2 aliphatic rings. The molecular weight excluding hydrogens is 480 g/mol. The molecular formula is C28H22O9. The van der Waals surface area contributed by atoms with Gasteiger partial charge in [-0.15, -0.1) is 0 Å². The number of carbonyl (C=O) groups is 1. The van der Waals surface area contributed by atoms with Crippen LogP contribution < -0.4 is 33.8 Å². The lowest BCUT2D eigenvalue weighted by molar-refractivity contribution is -0.135. The van der Waals surface area contributed by atoms with E-state index in [-0.39, 0.29) is 18.6 Å². The van der Waals surface area contributed by atoms with Gasteiger partial charge in [0.1, 0.15) is 17.6 Å². The Kier molecular flexibility index (Phi) is 5.40. The topological polar surface area (TPSA) is 103 Å². The summed E-state index contributed by atoms with van der Waals surface area (Å²) in [6.07, 6.45) is 1.47. The number of hydrogen-bond donors (Lipinski definition) is 0. The first kappa shape index (κ1) is 22.8. The van der Waals surface area contributed by atoms with Crippen LogP contribution in [0.2, 0.25) is 0 Å². The summed E-state index contributed by atoms with van der Waals surface area (Å²) in [6.45, 7) is 0.0785. The molecule has 0 bridgehead atoms. The van der Waals surface area contributed by atoms with Crippen molar-refractivity contribution >= 4 is 16.9 Å². The molecule has 188 valence electrons. The Morgan fingerprint density at radius 2 is 1.65 bits per heavy atom. The molecule has 1 unspecified atom stereocenters. The minimum absolute atomic E-state index is 0.0516. The monoisotopic (exact) mass is 502 g/mol. The molecule has 37 heavy (non-hydrogen) atoms. The van der Waals surface area contributed by atoms with Crippen LogP contribution in [0.4, 0.5) is 0 Å². The summed E-state index contributed by atoms with van der Waals surface area (Å²) in [4.78, 5) is 26.2. The fourth-order valence-corrected chi connectivity index (χ4v) is 4.89. The largest absolute Gasteiger partial charge is 0.493 e. The van der Waals surface area contributed by atoms with Crippen LogP contribution in [0.3, 0.4) is 0 Å². The normalized spacial score (nSPS) is 15.8. The van der Waals surface area contributed by atoms with Crippen molar-refractivity contribution in [3.8, 4) is 45.6 Å². The van der Waals surface area contributed by atoms with Gasteiger partial charge in [0.25, 0.3) is 0 Å². The molecule has 3 heterocycles. The Morgan fingerprint density at radius 3 is 2.43 bits per heavy atom. The average molecular weight is 502 g/mol. The summed E-state index contributed by atoms with van der Waals surface area (Å²) in [5.41, 5.74) is 2.46. The highest BCUT2D eigenvalue weighted by Crippen LogP contribution is 2.48. The first-order valence-corrected chi connectivity index (χ1v) is 11.5. The molecule has 0 aliphatic carbocycles. The van der Waals surface area contributed by atoms with E-state index in [9.17, 15) is 9.59 Å². The Hall–Kier alpha value is -4.66. The minimum atomic E-state index is -0.460. The summed E-state index contributed by atoms with van der Waals surface area (Å²) in [6, 6.07) is 12.1. The van der Waals surface area contributed by atoms with E-state index in [1.165, 1.54) is 20.5 Å². The second-order valence-electron chi connectivity index (χ2n) is 8.59. The van der Waals surface area contributed by atoms with Crippen molar-refractivity contribution in [2.24, 2.45) is 0 Å². The van der Waals surface area contributed by atoms with Gasteiger partial charge in [-0.05, 0) is 47.5 Å². The number of ether oxygens (including phenoxy) is 6. The zero-order valence-corrected chi connectivity index (χ0v) is 20.3. The molecule has 0 fully saturated rings. The molecule has 3 aromatic carbocycles. The molecule has 0 saturated carbocycles. The number of rotatable bonds is 5. The van der Waals surface area contributed by atoms with Crippen LogP contribution >= 0.6 is 0 Å². The predicted octanol–water partition coefficient (Wildman–Crippen LogP) is 4.66. The Morgan fingerprint density at radius 1 is 0.838 bits per heavy atom. The van der Waals surface area contributed by atoms with E-state index >= 15 is 0 Å². The highest BCUT2D eigenvalue weighted by Gasteiger charge is 2.34. The standard InChI is InChI=1S/C28H22O9/c1-31-19-6-4-14(8-21(19)32-2)18-12-34-27-16(26(18)30)5-7-20-25(27)17(11-24(29)37-20)15-9-22(33-3)28-23(10-15)35-13-36-28/h4-10,12,17H,11,13H2,1-3H3. The van der Waals surface area contributed by atoms with Crippen molar-refractivity contribution in [2.75, 3.05) is 28.1 Å². The zero-order chi connectivity index (χ0) is 25.7. The summed E-state index contributed by atoms with van der Waals surface area (Å²) in [7, 11) is 4.61. The van der Waals surface area contributed by atoms with Gasteiger partial charge in [0.2, 0.25) is 18.0 Å². The van der Waals surface area contributed by atoms with Crippen LogP contribution in [0.15, 0.2) is 57.9 Å². The van der Waals surface area contributed by atoms with Gasteiger partial charge in [0.05, 0.1) is 38.7 Å². The van der Waals surface area contributed by atoms with Crippen LogP contribution in [0.25, 0.3) is 22.1 Å². The van der Waals surface area contributed by atoms with Gasteiger partial charge in [0.15, 0.2) is 23.0 Å². The predicted molar refractivity (Wildman–Crippen MR) is 132 cm³/mol. The molecule has 9 nitrogen and oxygen atoms in total. The van der Waals surface area contributed by atoms with Gasteiger partial charge in [-0.3, -0.25) is 9.59 Å². The number of esters is 1. The minimum Gasteiger partial charge on any atom is -0.493 e. The molecule has 4 aromatic rings. The van der Waals surface area contributed by atoms with Crippen molar-refractivity contribution in [3.05, 3.63) is 70.1 Å². The lowest BCUT2D eigenvalue weighted by Gasteiger charge is -2.26. The van der Waals surface area contributed by atoms with Crippen molar-refractivity contribution < 1.29 is 37.6 Å². The lowest BCUT2D eigenvalue weighted by atomic mass is 9.84. The highest BCUT2D eigenvalue weighted by molar-refractivity contribution is 5.90. The fourth-order valence-electron chi connectivity index (χ4n) is 4.89. The smallest absolute Gasteiger partial charge is 0.312 e. The average Bonchev–Trinajstić information content (AvgIpc) is 3.40. The molecule has 1 atom stereocenters. The third-order valence-electron chi connectivity index (χ3n) is 6.66. The maximum atomic E-state index is 13.6. The van der Waals surface area contributed by atoms with Crippen LogP contribution in [-0.4, -0.2) is 34.1 Å². The first-order valence-electron chi connectivity index (χ1n) is 11.5. The maximum Gasteiger partial charge on any atom is 0.312 e. The number of carbonyl (C=O) groups excluding carboxylic acids is 1. The van der Waals surface area contributed by atoms with Gasteiger partial charge < -0.3 is 32.8 Å². The molecule has 0 spiro atoms. The zero-order valence-electron chi connectivity index (χ0n) is 20.3. The van der Waals surface area contributed by atoms with Crippen molar-refractivity contribution in [2.45, 2.75) is 12.3 Å². The molecule has 2 aliphatic heterocycles. The summed E-state index contributed by atoms with van der Waals surface area (Å²) >= 11 is 0. The van der Waals surface area contributed by atoms with Crippen molar-refractivity contribution in [1.82, 2.24) is 0 Å². The molecule has 9 heteroatoms. The van der Waals surface area contributed by atoms with Crippen molar-refractivity contribution in [1.29, 1.82) is 0 Å². The molecule has 0 radical (unpaired) electrons. The third kappa shape index (κ3) is 3.62. The second-order valence-corrected chi connectivity index (χ2v) is 8.59. The summed E-state index contributed by atoms with van der Waals surface area (Å²) < 4.78 is 38.9. The summed E-state index contributed by atoms with van der Waals surface area (Å²) in [5.74, 6) is 2.05. The van der Waals surface area contributed by atoms with E-state index in [0.29, 0.717) is 62.2 Å². The molecule has 6 rings (SSSR count). The number of fused-ring (bicyclic) bond motifs is 4. The Balaban J connectivity index is 1.53. The Labute approximate surface area is 211 Å². The fraction of sp³-hybridized carbons (Fsp3) is 0.214. The quantitative estimate of drug-likeness (QED) is 0.285. The maximum absolute atomic E-state index is 13.6. The number of hydrogen-bond acceptors (Lipinski definition) is 9. The van der Waals surface area contributed by atoms with E-state index in [1.54, 1.807) is 43.5 Å². The van der Waals surface area contributed by atoms with Crippen LogP contribution in [0.5, 0.6) is 34.5 Å².